The quantitative estimate of drug-likeness (QED) is 0.295. The zero-order chi connectivity index (χ0) is 5.86. The van der Waals surface area contributed by atoms with Crippen molar-refractivity contribution in [3.05, 3.63) is 0 Å². The van der Waals surface area contributed by atoms with Gasteiger partial charge in [-0.3, -0.25) is 5.41 Å². The lowest BCUT2D eigenvalue weighted by molar-refractivity contribution is 1.54. The molecule has 0 aromatic carbocycles. The molecule has 0 unspecified atom stereocenters. The van der Waals surface area contributed by atoms with Gasteiger partial charge in [0.25, 0.3) is 0 Å². The van der Waals surface area contributed by atoms with Gasteiger partial charge in [0.15, 0.2) is 0 Å². The maximum atomic E-state index is 6.82. The number of nitrogens with two attached hydrogens (primary N) is 1. The van der Waals surface area contributed by atoms with Crippen LogP contribution in [-0.4, -0.2) is 9.36 Å². The van der Waals surface area contributed by atoms with Crippen LogP contribution in [0.15, 0.2) is 0 Å². The molecule has 0 radical (unpaired) electrons. The number of hydrogen-bond acceptors (Lipinski definition) is 3. The summed E-state index contributed by atoms with van der Waals surface area (Å²) >= 11 is 5.57. The van der Waals surface area contributed by atoms with Gasteiger partial charge in [0.05, 0.1) is 5.04 Å². The molecule has 2 nitrogen and oxygen atoms in total. The van der Waals surface area contributed by atoms with Crippen molar-refractivity contribution >= 4 is 33.3 Å². The summed E-state index contributed by atoms with van der Waals surface area (Å²) in [5.41, 5.74) is 5.05. The molecule has 0 aliphatic carbocycles. The fourth-order valence-corrected chi connectivity index (χ4v) is 0.828. The Kier molecular flexibility index (Phi) is 2.95. The first kappa shape index (κ1) is 6.91. The lowest BCUT2D eigenvalue weighted by Gasteiger charge is -1.88. The predicted octanol–water partition coefficient (Wildman–Crippen LogP) is 0.960. The summed E-state index contributed by atoms with van der Waals surface area (Å²) in [5, 5.41) is 7.26. The van der Waals surface area contributed by atoms with Crippen LogP contribution in [0, 0.1) is 5.41 Å². The average Bonchev–Trinajstić information content (AvgIpc) is 1.27. The second kappa shape index (κ2) is 2.98. The minimum absolute atomic E-state index is 0.313. The average molecular weight is 134 g/mol. The molecule has 0 aliphatic heterocycles. The molecule has 3 N–H and O–H groups in total. The molecule has 0 aromatic rings. The van der Waals surface area contributed by atoms with Crippen LogP contribution in [0.4, 0.5) is 0 Å². The molecule has 0 fully saturated rings. The lowest BCUT2D eigenvalue weighted by atomic mass is 10.9. The number of hydrogen-bond donors (Lipinski definition) is 2. The molecule has 0 heterocycles. The zero-order valence-corrected chi connectivity index (χ0v) is 5.53. The van der Waals surface area contributed by atoms with Crippen molar-refractivity contribution in [2.24, 2.45) is 5.73 Å². The third-order valence-corrected chi connectivity index (χ3v) is 1.01. The van der Waals surface area contributed by atoms with Crippen molar-refractivity contribution in [3.8, 4) is 0 Å². The molecule has 0 aliphatic rings. The van der Waals surface area contributed by atoms with E-state index >= 15 is 0 Å². The maximum Gasteiger partial charge on any atom is 0.137 e. The van der Waals surface area contributed by atoms with Crippen LogP contribution in [0.5, 0.6) is 0 Å². The molecule has 0 rings (SSSR count). The first-order chi connectivity index (χ1) is 3.13. The zero-order valence-electron chi connectivity index (χ0n) is 3.89. The van der Waals surface area contributed by atoms with Gasteiger partial charge in [0, 0.05) is 0 Å². The van der Waals surface area contributed by atoms with Gasteiger partial charge >= 0.3 is 0 Å². The van der Waals surface area contributed by atoms with Crippen molar-refractivity contribution in [3.63, 3.8) is 0 Å². The van der Waals surface area contributed by atoms with Crippen molar-refractivity contribution < 1.29 is 0 Å². The monoisotopic (exact) mass is 134 g/mol. The van der Waals surface area contributed by atoms with Crippen molar-refractivity contribution in [1.82, 2.24) is 0 Å². The summed E-state index contributed by atoms with van der Waals surface area (Å²) in [7, 11) is 0. The van der Waals surface area contributed by atoms with Crippen LogP contribution >= 0.6 is 24.0 Å². The van der Waals surface area contributed by atoms with E-state index in [1.54, 1.807) is 6.92 Å². The second-order valence-corrected chi connectivity index (χ2v) is 2.93. The van der Waals surface area contributed by atoms with E-state index in [1.807, 2.05) is 0 Å². The Bertz CT molecular complexity index is 87.1. The molecule has 4 heteroatoms. The van der Waals surface area contributed by atoms with Gasteiger partial charge in [-0.25, -0.2) is 0 Å². The smallest absolute Gasteiger partial charge is 0.137 e. The molecular formula is C3H6N2S2. The topological polar surface area (TPSA) is 49.9 Å². The highest BCUT2D eigenvalue weighted by atomic mass is 32.2. The highest BCUT2D eigenvalue weighted by molar-refractivity contribution is 8.32. The van der Waals surface area contributed by atoms with Crippen molar-refractivity contribution in [2.75, 3.05) is 0 Å². The first-order valence-corrected chi connectivity index (χ1v) is 2.88. The van der Waals surface area contributed by atoms with Gasteiger partial charge < -0.3 is 5.73 Å². The van der Waals surface area contributed by atoms with Crippen molar-refractivity contribution in [1.29, 1.82) is 5.41 Å². The molecule has 0 bridgehead atoms. The fourth-order valence-electron chi connectivity index (χ4n) is 0.151. The summed E-state index contributed by atoms with van der Waals surface area (Å²) < 4.78 is 0.313. The standard InChI is InChI=1S/C3H6N2S2/c1-2(4)7-3(5)6/h4H,1H3,(H2,5,6). The van der Waals surface area contributed by atoms with Gasteiger partial charge in [-0.05, 0) is 18.7 Å². The molecule has 7 heavy (non-hydrogen) atoms. The SMILES string of the molecule is CC(=N)SC(N)=S. The van der Waals surface area contributed by atoms with Crippen LogP contribution < -0.4 is 5.73 Å². The molecular weight excluding hydrogens is 128 g/mol. The van der Waals surface area contributed by atoms with Crippen LogP contribution in [0.2, 0.25) is 0 Å². The Morgan fingerprint density at radius 3 is 2.29 bits per heavy atom. The number of thiocarbonyl (C=S) groups is 1. The predicted molar refractivity (Wildman–Crippen MR) is 37.8 cm³/mol. The van der Waals surface area contributed by atoms with Gasteiger partial charge in [-0.1, -0.05) is 12.2 Å². The molecule has 0 amide bonds. The highest BCUT2D eigenvalue weighted by Gasteiger charge is 1.88. The molecule has 40 valence electrons. The second-order valence-electron chi connectivity index (χ2n) is 0.977. The number of nitrogens with one attached hydrogen (secondary N) is 1. The summed E-state index contributed by atoms with van der Waals surface area (Å²) in [6.45, 7) is 1.64. The number of thioether (sulfide) groups is 1. The minimum atomic E-state index is 0.313. The summed E-state index contributed by atoms with van der Waals surface area (Å²) in [6, 6.07) is 0. The third kappa shape index (κ3) is 5.91. The van der Waals surface area contributed by atoms with Crippen molar-refractivity contribution in [2.45, 2.75) is 6.92 Å². The first-order valence-electron chi connectivity index (χ1n) is 1.65. The van der Waals surface area contributed by atoms with E-state index in [-0.39, 0.29) is 0 Å². The van der Waals surface area contributed by atoms with E-state index in [0.29, 0.717) is 9.36 Å². The Balaban J connectivity index is 3.32. The molecule has 0 saturated carbocycles. The normalized spacial score (nSPS) is 8.14. The van der Waals surface area contributed by atoms with E-state index in [4.69, 9.17) is 11.1 Å². The molecule has 0 aromatic heterocycles. The van der Waals surface area contributed by atoms with Gasteiger partial charge in [-0.15, -0.1) is 0 Å². The Morgan fingerprint density at radius 1 is 1.86 bits per heavy atom. The number of rotatable bonds is 0. The summed E-state index contributed by atoms with van der Waals surface area (Å²) in [4.78, 5) is 0. The van der Waals surface area contributed by atoms with E-state index in [0.717, 1.165) is 11.8 Å². The Labute approximate surface area is 52.0 Å². The van der Waals surface area contributed by atoms with E-state index < -0.39 is 0 Å². The largest absolute Gasteiger partial charge is 0.384 e. The van der Waals surface area contributed by atoms with E-state index in [1.165, 1.54) is 0 Å². The van der Waals surface area contributed by atoms with Crippen LogP contribution in [0.3, 0.4) is 0 Å². The van der Waals surface area contributed by atoms with Gasteiger partial charge in [0.2, 0.25) is 0 Å². The Morgan fingerprint density at radius 2 is 2.29 bits per heavy atom. The highest BCUT2D eigenvalue weighted by Crippen LogP contribution is 1.98. The minimum Gasteiger partial charge on any atom is -0.384 e. The van der Waals surface area contributed by atoms with Crippen LogP contribution in [0.1, 0.15) is 6.92 Å². The van der Waals surface area contributed by atoms with Gasteiger partial charge in [0.1, 0.15) is 4.32 Å². The molecule has 0 atom stereocenters. The summed E-state index contributed by atoms with van der Waals surface area (Å²) in [5.74, 6) is 0. The van der Waals surface area contributed by atoms with Crippen LogP contribution in [-0.2, 0) is 0 Å². The lowest BCUT2D eigenvalue weighted by Crippen LogP contribution is -2.03. The van der Waals surface area contributed by atoms with Gasteiger partial charge in [-0.2, -0.15) is 0 Å². The summed E-state index contributed by atoms with van der Waals surface area (Å²) in [6.07, 6.45) is 0. The fraction of sp³-hybridized carbons (Fsp3) is 0.333. The molecule has 0 spiro atoms. The van der Waals surface area contributed by atoms with Crippen LogP contribution in [0.25, 0.3) is 0 Å². The molecule has 0 saturated heterocycles. The van der Waals surface area contributed by atoms with E-state index in [9.17, 15) is 0 Å². The maximum absolute atomic E-state index is 6.82. The third-order valence-electron chi connectivity index (χ3n) is 0.254. The Hall–Kier alpha value is -0.0900. The van der Waals surface area contributed by atoms with E-state index in [2.05, 4.69) is 12.2 Å².